The fourth-order valence-electron chi connectivity index (χ4n) is 3.71. The number of carbonyl (C=O) groups is 2. The second-order valence-electron chi connectivity index (χ2n) is 8.06. The molecule has 3 rings (SSSR count). The Morgan fingerprint density at radius 2 is 1.82 bits per heavy atom. The third kappa shape index (κ3) is 5.39. The largest absolute Gasteiger partial charge is 0.507 e. The van der Waals surface area contributed by atoms with Gasteiger partial charge in [0.2, 0.25) is 0 Å². The maximum absolute atomic E-state index is 13.1. The van der Waals surface area contributed by atoms with Crippen LogP contribution in [0.5, 0.6) is 11.5 Å². The van der Waals surface area contributed by atoms with Gasteiger partial charge in [-0.15, -0.1) is 0 Å². The molecule has 1 amide bonds. The molecule has 1 aliphatic rings. The zero-order chi connectivity index (χ0) is 24.1. The Labute approximate surface area is 202 Å². The fraction of sp³-hybridized carbons (Fsp3) is 0.360. The lowest BCUT2D eigenvalue weighted by Crippen LogP contribution is -2.35. The van der Waals surface area contributed by atoms with Crippen molar-refractivity contribution in [3.63, 3.8) is 0 Å². The number of likely N-dealkylation sites (tertiary alicyclic amines) is 1. The normalized spacial score (nSPS) is 17.6. The highest BCUT2D eigenvalue weighted by Gasteiger charge is 2.46. The van der Waals surface area contributed by atoms with E-state index in [4.69, 9.17) is 9.47 Å². The molecule has 176 valence electrons. The molecule has 1 heterocycles. The zero-order valence-corrected chi connectivity index (χ0v) is 20.9. The Balaban J connectivity index is 2.14. The van der Waals surface area contributed by atoms with Crippen LogP contribution in [0.2, 0.25) is 0 Å². The van der Waals surface area contributed by atoms with Crippen LogP contribution in [0.15, 0.2) is 52.5 Å². The Morgan fingerprint density at radius 3 is 2.42 bits per heavy atom. The topological polar surface area (TPSA) is 79.3 Å². The number of methoxy groups -OCH3 is 1. The third-order valence-electron chi connectivity index (χ3n) is 5.41. The molecule has 8 heteroatoms. The summed E-state index contributed by atoms with van der Waals surface area (Å²) in [5.74, 6) is -0.456. The van der Waals surface area contributed by atoms with Crippen molar-refractivity contribution in [1.29, 1.82) is 0 Å². The van der Waals surface area contributed by atoms with Crippen LogP contribution in [-0.2, 0) is 9.59 Å². The molecular weight excluding hydrogens is 488 g/mol. The number of likely N-dealkylation sites (N-methyl/N-ethyl adjacent to an activating group) is 1. The Kier molecular flexibility index (Phi) is 8.15. The minimum Gasteiger partial charge on any atom is -0.507 e. The first-order valence-electron chi connectivity index (χ1n) is 10.8. The van der Waals surface area contributed by atoms with Crippen molar-refractivity contribution in [2.24, 2.45) is 0 Å². The molecule has 7 nitrogen and oxygen atoms in total. The molecule has 1 atom stereocenters. The van der Waals surface area contributed by atoms with Gasteiger partial charge in [0.25, 0.3) is 11.7 Å². The van der Waals surface area contributed by atoms with Crippen LogP contribution in [-0.4, -0.2) is 67.5 Å². The van der Waals surface area contributed by atoms with Crippen molar-refractivity contribution < 1.29 is 24.2 Å². The van der Waals surface area contributed by atoms with Crippen LogP contribution in [0.4, 0.5) is 0 Å². The van der Waals surface area contributed by atoms with Gasteiger partial charge < -0.3 is 24.4 Å². The van der Waals surface area contributed by atoms with Gasteiger partial charge in [-0.05, 0) is 50.3 Å². The van der Waals surface area contributed by atoms with E-state index in [9.17, 15) is 14.7 Å². The third-order valence-corrected chi connectivity index (χ3v) is 5.94. The Bertz CT molecular complexity index is 1050. The summed E-state index contributed by atoms with van der Waals surface area (Å²) >= 11 is 3.37. The Hall–Kier alpha value is -2.84. The minimum absolute atomic E-state index is 0.0605. The van der Waals surface area contributed by atoms with E-state index in [0.29, 0.717) is 42.3 Å². The molecule has 1 N–H and O–H groups in total. The number of ketones is 1. The van der Waals surface area contributed by atoms with Gasteiger partial charge >= 0.3 is 0 Å². The molecule has 0 spiro atoms. The van der Waals surface area contributed by atoms with E-state index in [0.717, 1.165) is 10.9 Å². The lowest BCUT2D eigenvalue weighted by molar-refractivity contribution is -0.140. The van der Waals surface area contributed by atoms with Crippen molar-refractivity contribution in [3.05, 3.63) is 63.6 Å². The first-order chi connectivity index (χ1) is 15.8. The number of halogens is 1. The van der Waals surface area contributed by atoms with E-state index < -0.39 is 17.7 Å². The number of ether oxygens (including phenoxy) is 2. The summed E-state index contributed by atoms with van der Waals surface area (Å²) in [5.41, 5.74) is 1.18. The second kappa shape index (κ2) is 10.9. The lowest BCUT2D eigenvalue weighted by Gasteiger charge is -2.27. The number of carbonyl (C=O) groups excluding carboxylic acids is 2. The van der Waals surface area contributed by atoms with E-state index in [1.165, 1.54) is 4.90 Å². The lowest BCUT2D eigenvalue weighted by atomic mass is 9.95. The number of aliphatic hydroxyl groups excluding tert-OH is 1. The number of rotatable bonds is 9. The molecule has 0 aromatic heterocycles. The van der Waals surface area contributed by atoms with Crippen LogP contribution in [0.1, 0.15) is 30.5 Å². The molecule has 0 saturated carbocycles. The number of Topliss-reactive ketones (excluding diaryl/α,β-unsaturated/α-hetero) is 1. The molecule has 2 aromatic rings. The number of benzene rings is 2. The van der Waals surface area contributed by atoms with Crippen LogP contribution in [0.25, 0.3) is 5.76 Å². The molecule has 0 bridgehead atoms. The average Bonchev–Trinajstić information content (AvgIpc) is 3.06. The molecule has 1 fully saturated rings. The quantitative estimate of drug-likeness (QED) is 0.305. The van der Waals surface area contributed by atoms with Gasteiger partial charge in [0.15, 0.2) is 11.5 Å². The van der Waals surface area contributed by atoms with Crippen LogP contribution < -0.4 is 9.47 Å². The monoisotopic (exact) mass is 516 g/mol. The number of aliphatic hydroxyl groups is 1. The zero-order valence-electron chi connectivity index (χ0n) is 19.3. The molecule has 0 unspecified atom stereocenters. The van der Waals surface area contributed by atoms with Crippen LogP contribution >= 0.6 is 15.9 Å². The van der Waals surface area contributed by atoms with Crippen molar-refractivity contribution in [3.8, 4) is 11.5 Å². The predicted molar refractivity (Wildman–Crippen MR) is 130 cm³/mol. The first kappa shape index (κ1) is 24.8. The molecular formula is C25H29BrN2O5. The van der Waals surface area contributed by atoms with Crippen molar-refractivity contribution in [2.45, 2.75) is 19.4 Å². The fourth-order valence-corrected chi connectivity index (χ4v) is 3.98. The average molecular weight is 517 g/mol. The van der Waals surface area contributed by atoms with Gasteiger partial charge in [-0.2, -0.15) is 0 Å². The molecule has 2 aromatic carbocycles. The van der Waals surface area contributed by atoms with Crippen LogP contribution in [0.3, 0.4) is 0 Å². The predicted octanol–water partition coefficient (Wildman–Crippen LogP) is 4.23. The van der Waals surface area contributed by atoms with Crippen molar-refractivity contribution >= 4 is 33.4 Å². The maximum atomic E-state index is 13.1. The summed E-state index contributed by atoms with van der Waals surface area (Å²) in [4.78, 5) is 29.6. The summed E-state index contributed by atoms with van der Waals surface area (Å²) < 4.78 is 12.1. The molecule has 0 aliphatic carbocycles. The number of hydrogen-bond acceptors (Lipinski definition) is 6. The highest BCUT2D eigenvalue weighted by atomic mass is 79.9. The first-order valence-corrected chi connectivity index (χ1v) is 11.6. The number of amides is 1. The van der Waals surface area contributed by atoms with E-state index in [-0.39, 0.29) is 11.3 Å². The van der Waals surface area contributed by atoms with Gasteiger partial charge in [0.1, 0.15) is 5.76 Å². The summed E-state index contributed by atoms with van der Waals surface area (Å²) in [6.07, 6.45) is 0.850. The SMILES string of the molecule is CCCOc1ccc([C@@H]2C(=C(O)c3ccc(Br)cc3)C(=O)C(=O)N2CCN(C)C)cc1OC. The van der Waals surface area contributed by atoms with Crippen molar-refractivity contribution in [2.75, 3.05) is 40.9 Å². The number of nitrogens with zero attached hydrogens (tertiary/aromatic N) is 2. The van der Waals surface area contributed by atoms with E-state index in [1.807, 2.05) is 32.0 Å². The maximum Gasteiger partial charge on any atom is 0.295 e. The highest BCUT2D eigenvalue weighted by Crippen LogP contribution is 2.42. The van der Waals surface area contributed by atoms with Gasteiger partial charge in [0.05, 0.1) is 25.3 Å². The molecule has 0 radical (unpaired) electrons. The van der Waals surface area contributed by atoms with Gasteiger partial charge in [-0.1, -0.05) is 41.1 Å². The van der Waals surface area contributed by atoms with Gasteiger partial charge in [-0.25, -0.2) is 0 Å². The standard InChI is InChI=1S/C25H29BrN2O5/c1-5-14-33-19-11-8-17(15-20(19)32-4)22-21(23(29)16-6-9-18(26)10-7-16)24(30)25(31)28(22)13-12-27(2)3/h6-11,15,22,29H,5,12-14H2,1-4H3/t22-/m1/s1. The molecule has 1 aliphatic heterocycles. The van der Waals surface area contributed by atoms with Gasteiger partial charge in [0, 0.05) is 23.1 Å². The van der Waals surface area contributed by atoms with E-state index in [1.54, 1.807) is 43.5 Å². The summed E-state index contributed by atoms with van der Waals surface area (Å²) in [5, 5.41) is 11.1. The van der Waals surface area contributed by atoms with Crippen LogP contribution in [0, 0.1) is 0 Å². The second-order valence-corrected chi connectivity index (χ2v) is 8.98. The highest BCUT2D eigenvalue weighted by molar-refractivity contribution is 9.10. The minimum atomic E-state index is -0.747. The Morgan fingerprint density at radius 1 is 1.12 bits per heavy atom. The summed E-state index contributed by atoms with van der Waals surface area (Å²) in [6, 6.07) is 11.5. The molecule has 1 saturated heterocycles. The molecule has 33 heavy (non-hydrogen) atoms. The van der Waals surface area contributed by atoms with E-state index in [2.05, 4.69) is 15.9 Å². The summed E-state index contributed by atoms with van der Waals surface area (Å²) in [6.45, 7) is 3.45. The smallest absolute Gasteiger partial charge is 0.295 e. The van der Waals surface area contributed by atoms with E-state index >= 15 is 0 Å². The van der Waals surface area contributed by atoms with Gasteiger partial charge in [-0.3, -0.25) is 9.59 Å². The van der Waals surface area contributed by atoms with Crippen molar-refractivity contribution in [1.82, 2.24) is 9.80 Å². The number of hydrogen-bond donors (Lipinski definition) is 1. The summed E-state index contributed by atoms with van der Waals surface area (Å²) in [7, 11) is 5.34.